The largest absolute Gasteiger partial charge is 0.325 e. The predicted octanol–water partition coefficient (Wildman–Crippen LogP) is 23.0. The fourth-order valence-electron chi connectivity index (χ4n) is 13.2. The maximum Gasteiger partial charge on any atom is 0.0576 e. The smallest absolute Gasteiger partial charge is 0.0576 e. The lowest BCUT2D eigenvalue weighted by Crippen LogP contribution is -2.40. The van der Waals surface area contributed by atoms with E-state index in [1.165, 1.54) is 241 Å². The Morgan fingerprint density at radius 1 is 0.404 bits per heavy atom. The molecule has 89 heavy (non-hydrogen) atoms. The first kappa shape index (κ1) is 77.1. The molecule has 1 heterocycles. The SMILES string of the molecule is C.CCCCCCCCc1ccc(C2=CC(N)(CC)CC2)cc1.CCCCCCCCc1ccc(C2=CCC(N)(CC)C2)cc1.CCCCCCCCc1ccc(C2=NCC(N)(CC)C2)cc1.CCCCCCCCc1ccc(C2C=CC(N)(CC)C2)cc1. The molecule has 0 saturated heterocycles. The molecule has 4 aromatic carbocycles. The van der Waals surface area contributed by atoms with Gasteiger partial charge in [-0.3, -0.25) is 4.99 Å². The van der Waals surface area contributed by atoms with Crippen LogP contribution in [0.5, 0.6) is 0 Å². The lowest BCUT2D eigenvalue weighted by Gasteiger charge is -2.22. The Kier molecular flexibility index (Phi) is 37.0. The molecule has 5 heteroatoms. The number of allylic oxidation sites excluding steroid dienone is 2. The normalized spacial score (nSPS) is 21.6. The van der Waals surface area contributed by atoms with Crippen molar-refractivity contribution in [3.63, 3.8) is 0 Å². The van der Waals surface area contributed by atoms with Gasteiger partial charge >= 0.3 is 0 Å². The molecule has 8 rings (SSSR count). The minimum atomic E-state index is -0.105. The Labute approximate surface area is 549 Å². The van der Waals surface area contributed by atoms with Gasteiger partial charge in [-0.15, -0.1) is 0 Å². The number of aliphatic imine (C=N–C) groups is 1. The van der Waals surface area contributed by atoms with E-state index in [4.69, 9.17) is 22.9 Å². The average Bonchev–Trinajstić information content (AvgIpc) is 4.53. The molecule has 5 nitrogen and oxygen atoms in total. The van der Waals surface area contributed by atoms with Gasteiger partial charge in [0.1, 0.15) is 0 Å². The van der Waals surface area contributed by atoms with Crippen molar-refractivity contribution < 1.29 is 0 Å². The van der Waals surface area contributed by atoms with Crippen molar-refractivity contribution in [3.05, 3.63) is 166 Å². The second-order valence-electron chi connectivity index (χ2n) is 27.9. The van der Waals surface area contributed by atoms with Gasteiger partial charge in [0.05, 0.1) is 6.54 Å². The third kappa shape index (κ3) is 28.6. The van der Waals surface area contributed by atoms with Crippen molar-refractivity contribution in [1.82, 2.24) is 0 Å². The molecule has 5 unspecified atom stereocenters. The Balaban J connectivity index is 0.000000253. The maximum atomic E-state index is 6.38. The van der Waals surface area contributed by atoms with E-state index in [-0.39, 0.29) is 29.6 Å². The van der Waals surface area contributed by atoms with Gasteiger partial charge in [-0.1, -0.05) is 313 Å². The van der Waals surface area contributed by atoms with Crippen LogP contribution in [0, 0.1) is 0 Å². The van der Waals surface area contributed by atoms with E-state index < -0.39 is 0 Å². The zero-order chi connectivity index (χ0) is 63.4. The molecule has 8 N–H and O–H groups in total. The monoisotopic (exact) mass is 1210 g/mol. The fourth-order valence-corrected chi connectivity index (χ4v) is 13.2. The summed E-state index contributed by atoms with van der Waals surface area (Å²) in [5.41, 5.74) is 40.5. The molecular formula is C84H135N5. The standard InChI is InChI=1S/3C21H33N.C20H32N2.CH4/c3*1-3-5-6-7-8-9-10-18-11-13-19(14-12-18)20-15-16-21(22,4-2)17-20;1-3-5-6-7-8-9-10-17-11-13-18(14-12-17)19-15-20(21,4-2)16-22-19;/h11-14,17H,3-10,15-16,22H2,1-2H3;11-15H,3-10,16-17,22H2,1-2H3;11-16,20H,3-10,17,22H2,1-2H3;11-14H,3-10,15-16,21H2,1-2H3;1H4. The first-order valence-electron chi connectivity index (χ1n) is 36.8. The molecule has 0 bridgehead atoms. The Hall–Kier alpha value is -4.39. The highest BCUT2D eigenvalue weighted by molar-refractivity contribution is 6.02. The van der Waals surface area contributed by atoms with Crippen LogP contribution in [0.3, 0.4) is 0 Å². The molecule has 0 saturated carbocycles. The topological polar surface area (TPSA) is 116 Å². The third-order valence-corrected chi connectivity index (χ3v) is 20.3. The highest BCUT2D eigenvalue weighted by Crippen LogP contribution is 2.38. The molecular weight excluding hydrogens is 1080 g/mol. The Morgan fingerprint density at radius 2 is 0.787 bits per heavy atom. The van der Waals surface area contributed by atoms with E-state index in [2.05, 4.69) is 182 Å². The van der Waals surface area contributed by atoms with Crippen LogP contribution >= 0.6 is 0 Å². The van der Waals surface area contributed by atoms with E-state index in [1.807, 2.05) is 0 Å². The molecule has 0 fully saturated rings. The lowest BCUT2D eigenvalue weighted by molar-refractivity contribution is 0.443. The zero-order valence-corrected chi connectivity index (χ0v) is 58.0. The van der Waals surface area contributed by atoms with Crippen molar-refractivity contribution in [2.45, 2.75) is 335 Å². The number of rotatable bonds is 36. The first-order chi connectivity index (χ1) is 42.7. The second kappa shape index (κ2) is 42.7. The van der Waals surface area contributed by atoms with Crippen LogP contribution < -0.4 is 22.9 Å². The summed E-state index contributed by atoms with van der Waals surface area (Å²) >= 11 is 0. The van der Waals surface area contributed by atoms with Gasteiger partial charge in [0.25, 0.3) is 0 Å². The Morgan fingerprint density at radius 3 is 1.15 bits per heavy atom. The van der Waals surface area contributed by atoms with Gasteiger partial charge in [-0.2, -0.15) is 0 Å². The number of unbranched alkanes of at least 4 members (excludes halogenated alkanes) is 20. The zero-order valence-electron chi connectivity index (χ0n) is 58.0. The van der Waals surface area contributed by atoms with Gasteiger partial charge in [0.2, 0.25) is 0 Å². The lowest BCUT2D eigenvalue weighted by atomic mass is 9.89. The molecule has 4 aliphatic rings. The minimum Gasteiger partial charge on any atom is -0.325 e. The predicted molar refractivity (Wildman–Crippen MR) is 397 cm³/mol. The summed E-state index contributed by atoms with van der Waals surface area (Å²) in [5.74, 6) is 0.507. The highest BCUT2D eigenvalue weighted by atomic mass is 14.9. The van der Waals surface area contributed by atoms with Crippen molar-refractivity contribution in [1.29, 1.82) is 0 Å². The number of benzene rings is 4. The molecule has 3 aliphatic carbocycles. The van der Waals surface area contributed by atoms with Crippen molar-refractivity contribution >= 4 is 16.9 Å². The highest BCUT2D eigenvalue weighted by Gasteiger charge is 2.32. The third-order valence-electron chi connectivity index (χ3n) is 20.3. The summed E-state index contributed by atoms with van der Waals surface area (Å²) in [4.78, 5) is 4.66. The maximum absolute atomic E-state index is 6.38. The molecule has 0 radical (unpaired) electrons. The van der Waals surface area contributed by atoms with Gasteiger partial charge in [0, 0.05) is 40.2 Å². The first-order valence-corrected chi connectivity index (χ1v) is 36.8. The van der Waals surface area contributed by atoms with E-state index in [1.54, 1.807) is 0 Å². The summed E-state index contributed by atoms with van der Waals surface area (Å²) in [6, 6.07) is 36.7. The van der Waals surface area contributed by atoms with Gasteiger partial charge in [-0.25, -0.2) is 0 Å². The molecule has 5 atom stereocenters. The molecule has 0 aromatic heterocycles. The number of hydrogen-bond acceptors (Lipinski definition) is 5. The van der Waals surface area contributed by atoms with Crippen LogP contribution in [0.4, 0.5) is 0 Å². The van der Waals surface area contributed by atoms with E-state index >= 15 is 0 Å². The van der Waals surface area contributed by atoms with Crippen molar-refractivity contribution in [3.8, 4) is 0 Å². The number of aryl methyl sites for hydroxylation is 4. The summed E-state index contributed by atoms with van der Waals surface area (Å²) in [7, 11) is 0. The van der Waals surface area contributed by atoms with E-state index in [9.17, 15) is 0 Å². The van der Waals surface area contributed by atoms with Crippen LogP contribution in [-0.4, -0.2) is 34.4 Å². The van der Waals surface area contributed by atoms with Gasteiger partial charge in [0.15, 0.2) is 0 Å². The van der Waals surface area contributed by atoms with E-state index in [0.29, 0.717) is 5.92 Å². The Bertz CT molecular complexity index is 2510. The number of nitrogens with two attached hydrogens (primary N) is 4. The number of hydrogen-bond donors (Lipinski definition) is 4. The summed E-state index contributed by atoms with van der Waals surface area (Å²) in [5, 5.41) is 0. The van der Waals surface area contributed by atoms with E-state index in [0.717, 1.165) is 70.8 Å². The summed E-state index contributed by atoms with van der Waals surface area (Å²) in [6.45, 7) is 18.6. The van der Waals surface area contributed by atoms with Crippen LogP contribution in [0.1, 0.15) is 332 Å². The summed E-state index contributed by atoms with van der Waals surface area (Å²) < 4.78 is 0. The second-order valence-corrected chi connectivity index (χ2v) is 27.9. The minimum absolute atomic E-state index is 0. The molecule has 4 aromatic rings. The van der Waals surface area contributed by atoms with Crippen LogP contribution in [-0.2, 0) is 25.7 Å². The fraction of sp³-hybridized carbons (Fsp3) is 0.631. The molecule has 1 aliphatic heterocycles. The molecule has 0 amide bonds. The number of nitrogens with zero attached hydrogens (tertiary/aromatic N) is 1. The quantitative estimate of drug-likeness (QED) is 0.0268. The van der Waals surface area contributed by atoms with Crippen molar-refractivity contribution in [2.75, 3.05) is 6.54 Å². The average molecular weight is 1220 g/mol. The van der Waals surface area contributed by atoms with Gasteiger partial charge < -0.3 is 22.9 Å². The van der Waals surface area contributed by atoms with Gasteiger partial charge in [-0.05, 0) is 165 Å². The van der Waals surface area contributed by atoms with Crippen molar-refractivity contribution in [2.24, 2.45) is 27.9 Å². The summed E-state index contributed by atoms with van der Waals surface area (Å²) in [6.07, 6.45) is 57.2. The van der Waals surface area contributed by atoms with Crippen LogP contribution in [0.25, 0.3) is 11.1 Å². The van der Waals surface area contributed by atoms with Crippen LogP contribution in [0.2, 0.25) is 0 Å². The molecule has 496 valence electrons. The van der Waals surface area contributed by atoms with Crippen LogP contribution in [0.15, 0.2) is 126 Å². The molecule has 0 spiro atoms.